The third-order valence-corrected chi connectivity index (χ3v) is 5.71. The molecule has 0 radical (unpaired) electrons. The molecule has 1 amide bonds. The van der Waals surface area contributed by atoms with Gasteiger partial charge in [-0.1, -0.05) is 18.2 Å². The number of carbonyl (C=O) groups excluding carboxylic acids is 1. The van der Waals surface area contributed by atoms with Crippen molar-refractivity contribution in [3.05, 3.63) is 52.3 Å². The van der Waals surface area contributed by atoms with Crippen LogP contribution in [0.2, 0.25) is 0 Å². The lowest BCUT2D eigenvalue weighted by Gasteiger charge is -2.33. The highest BCUT2D eigenvalue weighted by Gasteiger charge is 2.31. The number of nitrogens with zero attached hydrogens (tertiary/aromatic N) is 3. The second-order valence-electron chi connectivity index (χ2n) is 7.97. The number of alkyl halides is 3. The minimum absolute atomic E-state index is 0.0226. The average molecular weight is 438 g/mol. The molecule has 1 aliphatic heterocycles. The normalized spacial score (nSPS) is 15.5. The summed E-state index contributed by atoms with van der Waals surface area (Å²) in [7, 11) is 3.45. The number of rotatable bonds is 8. The van der Waals surface area contributed by atoms with Crippen molar-refractivity contribution in [2.45, 2.75) is 44.9 Å². The molecule has 170 valence electrons. The summed E-state index contributed by atoms with van der Waals surface area (Å²) in [5.41, 5.74) is 2.37. The highest BCUT2D eigenvalue weighted by Crippen LogP contribution is 2.30. The Morgan fingerprint density at radius 2 is 2.13 bits per heavy atom. The molecule has 0 spiro atoms. The summed E-state index contributed by atoms with van der Waals surface area (Å²) in [6.07, 6.45) is -2.39. The molecule has 31 heavy (non-hydrogen) atoms. The van der Waals surface area contributed by atoms with Crippen molar-refractivity contribution in [2.75, 3.05) is 26.8 Å². The van der Waals surface area contributed by atoms with E-state index in [2.05, 4.69) is 15.3 Å². The van der Waals surface area contributed by atoms with E-state index in [1.54, 1.807) is 17.9 Å². The lowest BCUT2D eigenvalue weighted by atomic mass is 9.99. The van der Waals surface area contributed by atoms with E-state index in [4.69, 9.17) is 4.74 Å². The van der Waals surface area contributed by atoms with Crippen LogP contribution >= 0.6 is 0 Å². The first-order valence-corrected chi connectivity index (χ1v) is 10.4. The summed E-state index contributed by atoms with van der Waals surface area (Å²) in [4.78, 5) is 14.8. The monoisotopic (exact) mass is 438 g/mol. The van der Waals surface area contributed by atoms with Crippen LogP contribution in [0.4, 0.5) is 13.2 Å². The molecule has 1 aliphatic rings. The first-order valence-electron chi connectivity index (χ1n) is 10.4. The highest BCUT2D eigenvalue weighted by molar-refractivity contribution is 5.94. The van der Waals surface area contributed by atoms with E-state index in [1.165, 1.54) is 12.1 Å². The van der Waals surface area contributed by atoms with Crippen LogP contribution in [0.5, 0.6) is 0 Å². The van der Waals surface area contributed by atoms with E-state index in [1.807, 2.05) is 14.0 Å². The molecule has 1 aromatic heterocycles. The highest BCUT2D eigenvalue weighted by atomic mass is 19.4. The number of methoxy groups -OCH3 is 1. The van der Waals surface area contributed by atoms with Gasteiger partial charge in [-0.3, -0.25) is 14.4 Å². The summed E-state index contributed by atoms with van der Waals surface area (Å²) in [6.45, 7) is 4.40. The van der Waals surface area contributed by atoms with Crippen LogP contribution in [0.25, 0.3) is 0 Å². The number of ether oxygens (including phenoxy) is 1. The van der Waals surface area contributed by atoms with Crippen molar-refractivity contribution in [1.29, 1.82) is 0 Å². The van der Waals surface area contributed by atoms with Crippen LogP contribution in [-0.2, 0) is 37.3 Å². The smallest absolute Gasteiger partial charge is 0.385 e. The van der Waals surface area contributed by atoms with Gasteiger partial charge in [-0.05, 0) is 31.4 Å². The number of amides is 1. The average Bonchev–Trinajstić information content (AvgIpc) is 3.07. The predicted octanol–water partition coefficient (Wildman–Crippen LogP) is 3.19. The van der Waals surface area contributed by atoms with Crippen LogP contribution in [0.3, 0.4) is 0 Å². The van der Waals surface area contributed by atoms with E-state index in [0.29, 0.717) is 37.4 Å². The van der Waals surface area contributed by atoms with E-state index < -0.39 is 11.7 Å². The van der Waals surface area contributed by atoms with E-state index in [9.17, 15) is 18.0 Å². The lowest BCUT2D eigenvalue weighted by Crippen LogP contribution is -2.39. The molecule has 2 aromatic rings. The number of carbonyl (C=O) groups is 1. The number of fused-ring (bicyclic) bond motifs is 1. The molecule has 2 heterocycles. The standard InChI is InChI=1S/C22H29F3N4O2/c1-15(12-16-6-4-7-17(13-16)22(23,24)25)29-10-8-19-18(14-29)20(27-28(19)2)21(30)26-9-5-11-31-3/h4,6-7,13,15H,5,8-12,14H2,1-3H3,(H,26,30)/t15-/m1/s1. The molecule has 0 saturated heterocycles. The molecule has 9 heteroatoms. The summed E-state index contributed by atoms with van der Waals surface area (Å²) in [5, 5.41) is 7.31. The Kier molecular flexibility index (Phi) is 7.38. The molecule has 1 N–H and O–H groups in total. The molecule has 1 atom stereocenters. The van der Waals surface area contributed by atoms with Gasteiger partial charge in [-0.2, -0.15) is 18.3 Å². The fourth-order valence-electron chi connectivity index (χ4n) is 4.02. The minimum Gasteiger partial charge on any atom is -0.385 e. The lowest BCUT2D eigenvalue weighted by molar-refractivity contribution is -0.137. The number of aryl methyl sites for hydroxylation is 1. The molecule has 6 nitrogen and oxygen atoms in total. The Morgan fingerprint density at radius 1 is 1.35 bits per heavy atom. The second-order valence-corrected chi connectivity index (χ2v) is 7.97. The fraction of sp³-hybridized carbons (Fsp3) is 0.545. The summed E-state index contributed by atoms with van der Waals surface area (Å²) >= 11 is 0. The zero-order valence-corrected chi connectivity index (χ0v) is 18.1. The number of hydrogen-bond acceptors (Lipinski definition) is 4. The fourth-order valence-corrected chi connectivity index (χ4v) is 4.02. The van der Waals surface area contributed by atoms with Crippen molar-refractivity contribution in [2.24, 2.45) is 7.05 Å². The van der Waals surface area contributed by atoms with Crippen LogP contribution < -0.4 is 5.32 Å². The Hall–Kier alpha value is -2.39. The third-order valence-electron chi connectivity index (χ3n) is 5.71. The molecule has 0 aliphatic carbocycles. The van der Waals surface area contributed by atoms with Crippen LogP contribution in [-0.4, -0.2) is 53.4 Å². The second kappa shape index (κ2) is 9.82. The van der Waals surface area contributed by atoms with E-state index >= 15 is 0 Å². The van der Waals surface area contributed by atoms with Gasteiger partial charge in [0.15, 0.2) is 5.69 Å². The topological polar surface area (TPSA) is 59.4 Å². The van der Waals surface area contributed by atoms with Gasteiger partial charge in [0, 0.05) is 64.1 Å². The number of nitrogens with one attached hydrogen (secondary N) is 1. The maximum atomic E-state index is 13.0. The third kappa shape index (κ3) is 5.65. The van der Waals surface area contributed by atoms with Crippen molar-refractivity contribution < 1.29 is 22.7 Å². The van der Waals surface area contributed by atoms with Gasteiger partial charge in [0.25, 0.3) is 5.91 Å². The minimum atomic E-state index is -4.35. The van der Waals surface area contributed by atoms with Gasteiger partial charge < -0.3 is 10.1 Å². The summed E-state index contributed by atoms with van der Waals surface area (Å²) < 4.78 is 45.8. The zero-order valence-electron chi connectivity index (χ0n) is 18.1. The largest absolute Gasteiger partial charge is 0.416 e. The van der Waals surface area contributed by atoms with Crippen LogP contribution in [0.15, 0.2) is 24.3 Å². The van der Waals surface area contributed by atoms with Gasteiger partial charge in [-0.15, -0.1) is 0 Å². The molecule has 3 rings (SSSR count). The molecular formula is C22H29F3N4O2. The zero-order chi connectivity index (χ0) is 22.6. The molecule has 0 unspecified atom stereocenters. The van der Waals surface area contributed by atoms with Crippen molar-refractivity contribution in [3.63, 3.8) is 0 Å². The van der Waals surface area contributed by atoms with E-state index in [0.717, 1.165) is 36.7 Å². The maximum Gasteiger partial charge on any atom is 0.416 e. The molecule has 0 saturated carbocycles. The summed E-state index contributed by atoms with van der Waals surface area (Å²) in [5.74, 6) is -0.208. The maximum absolute atomic E-state index is 13.0. The molecule has 0 bridgehead atoms. The van der Waals surface area contributed by atoms with Crippen molar-refractivity contribution in [3.8, 4) is 0 Å². The Labute approximate surface area is 180 Å². The van der Waals surface area contributed by atoms with Gasteiger partial charge in [0.2, 0.25) is 0 Å². The van der Waals surface area contributed by atoms with Gasteiger partial charge in [-0.25, -0.2) is 0 Å². The van der Waals surface area contributed by atoms with Gasteiger partial charge in [0.05, 0.1) is 5.56 Å². The van der Waals surface area contributed by atoms with Crippen molar-refractivity contribution in [1.82, 2.24) is 20.0 Å². The molecule has 1 aromatic carbocycles. The van der Waals surface area contributed by atoms with Crippen LogP contribution in [0, 0.1) is 0 Å². The van der Waals surface area contributed by atoms with Crippen molar-refractivity contribution >= 4 is 5.91 Å². The Morgan fingerprint density at radius 3 is 2.84 bits per heavy atom. The number of aromatic nitrogens is 2. The SMILES string of the molecule is COCCCNC(=O)c1nn(C)c2c1CN([C@H](C)Cc1cccc(C(F)(F)F)c1)CC2. The number of benzene rings is 1. The number of hydrogen-bond donors (Lipinski definition) is 1. The predicted molar refractivity (Wildman–Crippen MR) is 111 cm³/mol. The number of halogens is 3. The van der Waals surface area contributed by atoms with E-state index in [-0.39, 0.29) is 11.9 Å². The first-order chi connectivity index (χ1) is 14.7. The Bertz CT molecular complexity index is 911. The van der Waals surface area contributed by atoms with Gasteiger partial charge >= 0.3 is 6.18 Å². The summed E-state index contributed by atoms with van der Waals surface area (Å²) in [6, 6.07) is 5.51. The quantitative estimate of drug-likeness (QED) is 0.643. The Balaban J connectivity index is 1.69. The molecule has 0 fully saturated rings. The first kappa shape index (κ1) is 23.3. The van der Waals surface area contributed by atoms with Crippen LogP contribution in [0.1, 0.15) is 46.2 Å². The molecular weight excluding hydrogens is 409 g/mol. The van der Waals surface area contributed by atoms with Gasteiger partial charge in [0.1, 0.15) is 0 Å².